The molecule has 0 radical (unpaired) electrons. The average Bonchev–Trinajstić information content (AvgIpc) is 2.49. The number of unbranched alkanes of at least 4 members (excludes halogenated alkanes) is 1. The summed E-state index contributed by atoms with van der Waals surface area (Å²) in [7, 11) is 0. The van der Waals surface area contributed by atoms with Crippen molar-refractivity contribution in [2.24, 2.45) is 0 Å². The third-order valence-corrected chi connectivity index (χ3v) is 4.45. The Balaban J connectivity index is 1.69. The molecule has 0 aliphatic carbocycles. The Kier molecular flexibility index (Phi) is 6.56. The summed E-state index contributed by atoms with van der Waals surface area (Å²) in [6.07, 6.45) is 6.60. The second kappa shape index (κ2) is 8.43. The first kappa shape index (κ1) is 16.4. The van der Waals surface area contributed by atoms with Gasteiger partial charge in [-0.05, 0) is 75.4 Å². The summed E-state index contributed by atoms with van der Waals surface area (Å²) in [4.78, 5) is 2.61. The number of ether oxygens (including phenoxy) is 1. The van der Waals surface area contributed by atoms with E-state index in [9.17, 15) is 0 Å². The summed E-state index contributed by atoms with van der Waals surface area (Å²) < 4.78 is 6.00. The van der Waals surface area contributed by atoms with E-state index in [2.05, 4.69) is 43.9 Å². The Hall–Kier alpha value is -1.02. The van der Waals surface area contributed by atoms with Crippen LogP contribution in [0.15, 0.2) is 18.2 Å². The lowest BCUT2D eigenvalue weighted by atomic mass is 10.0. The molecule has 0 atom stereocenters. The van der Waals surface area contributed by atoms with E-state index in [4.69, 9.17) is 4.74 Å². The number of hydrogen-bond acceptors (Lipinski definition) is 2. The normalized spacial score (nSPS) is 16.4. The highest BCUT2D eigenvalue weighted by atomic mass is 16.5. The molecule has 0 bridgehead atoms. The van der Waals surface area contributed by atoms with E-state index < -0.39 is 0 Å². The van der Waals surface area contributed by atoms with Crippen molar-refractivity contribution < 1.29 is 4.74 Å². The van der Waals surface area contributed by atoms with Crippen molar-refractivity contribution >= 4 is 0 Å². The van der Waals surface area contributed by atoms with Gasteiger partial charge in [0.1, 0.15) is 5.75 Å². The Morgan fingerprint density at radius 2 is 1.86 bits per heavy atom. The van der Waals surface area contributed by atoms with Crippen LogP contribution in [-0.2, 0) is 0 Å². The van der Waals surface area contributed by atoms with Gasteiger partial charge in [-0.3, -0.25) is 0 Å². The molecular formula is C19H31NO. The molecule has 0 unspecified atom stereocenters. The molecule has 0 aromatic heterocycles. The van der Waals surface area contributed by atoms with Crippen molar-refractivity contribution in [3.63, 3.8) is 0 Å². The first-order valence-electron chi connectivity index (χ1n) is 8.62. The summed E-state index contributed by atoms with van der Waals surface area (Å²) in [5.41, 5.74) is 2.61. The van der Waals surface area contributed by atoms with Crippen LogP contribution in [0.1, 0.15) is 63.0 Å². The number of rotatable bonds is 7. The summed E-state index contributed by atoms with van der Waals surface area (Å²) in [6.45, 7) is 11.3. The molecule has 2 nitrogen and oxygen atoms in total. The second-order valence-electron chi connectivity index (χ2n) is 6.64. The van der Waals surface area contributed by atoms with E-state index in [0.29, 0.717) is 5.92 Å². The minimum atomic E-state index is 0.562. The van der Waals surface area contributed by atoms with Gasteiger partial charge in [0.05, 0.1) is 6.61 Å². The van der Waals surface area contributed by atoms with E-state index in [1.54, 1.807) is 0 Å². The van der Waals surface area contributed by atoms with Crippen molar-refractivity contribution in [3.05, 3.63) is 29.3 Å². The fourth-order valence-corrected chi connectivity index (χ4v) is 2.93. The number of likely N-dealkylation sites (tertiary alicyclic amines) is 1. The monoisotopic (exact) mass is 289 g/mol. The molecule has 0 N–H and O–H groups in total. The van der Waals surface area contributed by atoms with E-state index in [-0.39, 0.29) is 0 Å². The summed E-state index contributed by atoms with van der Waals surface area (Å²) in [6, 6.07) is 6.60. The SMILES string of the molecule is Cc1ccc(C(C)C)cc1OCCCCN1CCCCC1. The third-order valence-electron chi connectivity index (χ3n) is 4.45. The highest BCUT2D eigenvalue weighted by Crippen LogP contribution is 2.24. The first-order chi connectivity index (χ1) is 10.2. The van der Waals surface area contributed by atoms with Gasteiger partial charge in [-0.25, -0.2) is 0 Å². The lowest BCUT2D eigenvalue weighted by Crippen LogP contribution is -2.30. The molecule has 1 aliphatic heterocycles. The molecule has 1 aromatic carbocycles. The number of aryl methyl sites for hydroxylation is 1. The lowest BCUT2D eigenvalue weighted by Gasteiger charge is -2.26. The summed E-state index contributed by atoms with van der Waals surface area (Å²) in [5.74, 6) is 1.63. The fraction of sp³-hybridized carbons (Fsp3) is 0.684. The van der Waals surface area contributed by atoms with Crippen molar-refractivity contribution in [2.75, 3.05) is 26.2 Å². The van der Waals surface area contributed by atoms with Crippen molar-refractivity contribution in [1.29, 1.82) is 0 Å². The summed E-state index contributed by atoms with van der Waals surface area (Å²) >= 11 is 0. The number of piperidine rings is 1. The van der Waals surface area contributed by atoms with Crippen LogP contribution in [0.2, 0.25) is 0 Å². The first-order valence-corrected chi connectivity index (χ1v) is 8.62. The van der Waals surface area contributed by atoms with Gasteiger partial charge in [0, 0.05) is 0 Å². The van der Waals surface area contributed by atoms with Gasteiger partial charge >= 0.3 is 0 Å². The number of hydrogen-bond donors (Lipinski definition) is 0. The molecular weight excluding hydrogens is 258 g/mol. The largest absolute Gasteiger partial charge is 0.493 e. The van der Waals surface area contributed by atoms with E-state index >= 15 is 0 Å². The zero-order valence-electron chi connectivity index (χ0n) is 14.0. The van der Waals surface area contributed by atoms with E-state index in [1.165, 1.54) is 56.4 Å². The fourth-order valence-electron chi connectivity index (χ4n) is 2.93. The van der Waals surface area contributed by atoms with Crippen molar-refractivity contribution in [1.82, 2.24) is 4.90 Å². The second-order valence-corrected chi connectivity index (χ2v) is 6.64. The molecule has 118 valence electrons. The Bertz CT molecular complexity index is 422. The molecule has 1 saturated heterocycles. The van der Waals surface area contributed by atoms with Gasteiger partial charge in [-0.2, -0.15) is 0 Å². The van der Waals surface area contributed by atoms with Crippen molar-refractivity contribution in [2.45, 2.75) is 58.8 Å². The van der Waals surface area contributed by atoms with Crippen LogP contribution < -0.4 is 4.74 Å². The molecule has 0 spiro atoms. The number of nitrogens with zero attached hydrogens (tertiary/aromatic N) is 1. The van der Waals surface area contributed by atoms with Crippen LogP contribution in [-0.4, -0.2) is 31.1 Å². The highest BCUT2D eigenvalue weighted by Gasteiger charge is 2.09. The maximum atomic E-state index is 6.00. The zero-order chi connectivity index (χ0) is 15.1. The van der Waals surface area contributed by atoms with Gasteiger partial charge in [-0.15, -0.1) is 0 Å². The van der Waals surface area contributed by atoms with Crippen LogP contribution in [0.25, 0.3) is 0 Å². The molecule has 1 fully saturated rings. The molecule has 1 aromatic rings. The Morgan fingerprint density at radius 1 is 1.10 bits per heavy atom. The number of benzene rings is 1. The Morgan fingerprint density at radius 3 is 2.57 bits per heavy atom. The van der Waals surface area contributed by atoms with Gasteiger partial charge in [-0.1, -0.05) is 32.4 Å². The van der Waals surface area contributed by atoms with Gasteiger partial charge in [0.15, 0.2) is 0 Å². The van der Waals surface area contributed by atoms with Crippen LogP contribution in [0.4, 0.5) is 0 Å². The molecule has 0 amide bonds. The predicted octanol–water partition coefficient (Wildman–Crippen LogP) is 4.76. The van der Waals surface area contributed by atoms with Gasteiger partial charge < -0.3 is 9.64 Å². The van der Waals surface area contributed by atoms with E-state index in [0.717, 1.165) is 18.8 Å². The topological polar surface area (TPSA) is 12.5 Å². The Labute approximate surface area is 130 Å². The van der Waals surface area contributed by atoms with E-state index in [1.807, 2.05) is 0 Å². The van der Waals surface area contributed by atoms with Crippen molar-refractivity contribution in [3.8, 4) is 5.75 Å². The van der Waals surface area contributed by atoms with Crippen LogP contribution >= 0.6 is 0 Å². The average molecular weight is 289 g/mol. The maximum absolute atomic E-state index is 6.00. The highest BCUT2D eigenvalue weighted by molar-refractivity contribution is 5.37. The van der Waals surface area contributed by atoms with Gasteiger partial charge in [0.2, 0.25) is 0 Å². The molecule has 0 saturated carbocycles. The molecule has 21 heavy (non-hydrogen) atoms. The summed E-state index contributed by atoms with van der Waals surface area (Å²) in [5, 5.41) is 0. The van der Waals surface area contributed by atoms with Gasteiger partial charge in [0.25, 0.3) is 0 Å². The third kappa shape index (κ3) is 5.35. The minimum absolute atomic E-state index is 0.562. The van der Waals surface area contributed by atoms with Crippen LogP contribution in [0.3, 0.4) is 0 Å². The van der Waals surface area contributed by atoms with Crippen LogP contribution in [0.5, 0.6) is 5.75 Å². The lowest BCUT2D eigenvalue weighted by molar-refractivity contribution is 0.216. The molecule has 1 aliphatic rings. The zero-order valence-corrected chi connectivity index (χ0v) is 14.0. The molecule has 1 heterocycles. The maximum Gasteiger partial charge on any atom is 0.122 e. The smallest absolute Gasteiger partial charge is 0.122 e. The minimum Gasteiger partial charge on any atom is -0.493 e. The predicted molar refractivity (Wildman–Crippen MR) is 90.3 cm³/mol. The van der Waals surface area contributed by atoms with Crippen LogP contribution in [0, 0.1) is 6.92 Å². The molecule has 2 rings (SSSR count). The standard InChI is InChI=1S/C19H31NO/c1-16(2)18-10-9-17(3)19(15-18)21-14-8-7-13-20-11-5-4-6-12-20/h9-10,15-16H,4-8,11-14H2,1-3H3. The quantitative estimate of drug-likeness (QED) is 0.671. The molecule has 2 heteroatoms.